The summed E-state index contributed by atoms with van der Waals surface area (Å²) in [5.41, 5.74) is 10.5. The lowest BCUT2D eigenvalue weighted by molar-refractivity contribution is 0.0741. The highest BCUT2D eigenvalue weighted by Crippen LogP contribution is 2.26. The molecular weight excluding hydrogens is 448 g/mol. The molecule has 1 amide bonds. The summed E-state index contributed by atoms with van der Waals surface area (Å²) in [6, 6.07) is 14.1. The molecular formula is C29H44N6O. The van der Waals surface area contributed by atoms with Crippen LogP contribution in [0.4, 0.5) is 17.3 Å². The molecule has 196 valence electrons. The summed E-state index contributed by atoms with van der Waals surface area (Å²) in [5, 5.41) is 3.47. The van der Waals surface area contributed by atoms with Gasteiger partial charge in [0.25, 0.3) is 5.91 Å². The van der Waals surface area contributed by atoms with Crippen LogP contribution in [0.3, 0.4) is 0 Å². The van der Waals surface area contributed by atoms with Gasteiger partial charge in [0.1, 0.15) is 0 Å². The van der Waals surface area contributed by atoms with Gasteiger partial charge in [-0.15, -0.1) is 0 Å². The number of fused-ring (bicyclic) bond motifs is 1. The molecule has 3 rings (SSSR count). The SMILES string of the molecule is CC(C)CCN(CCC(C)C)C(=O)c1ccc2nc(Nc3ccc(N(C)C)cc3)n(CCCN)c2c1. The second-order valence-corrected chi connectivity index (χ2v) is 10.7. The Morgan fingerprint density at radius 2 is 1.64 bits per heavy atom. The fourth-order valence-corrected chi connectivity index (χ4v) is 4.12. The number of nitrogens with two attached hydrogens (primary N) is 1. The van der Waals surface area contributed by atoms with Gasteiger partial charge in [-0.25, -0.2) is 4.98 Å². The predicted molar refractivity (Wildman–Crippen MR) is 152 cm³/mol. The van der Waals surface area contributed by atoms with Crippen molar-refractivity contribution < 1.29 is 4.79 Å². The Kier molecular flexibility index (Phi) is 9.76. The van der Waals surface area contributed by atoms with Crippen molar-refractivity contribution in [1.29, 1.82) is 0 Å². The van der Waals surface area contributed by atoms with E-state index in [0.717, 1.165) is 67.3 Å². The highest BCUT2D eigenvalue weighted by molar-refractivity contribution is 5.98. The van der Waals surface area contributed by atoms with Crippen molar-refractivity contribution in [2.24, 2.45) is 17.6 Å². The highest BCUT2D eigenvalue weighted by atomic mass is 16.2. The van der Waals surface area contributed by atoms with Crippen LogP contribution in [0, 0.1) is 11.8 Å². The van der Waals surface area contributed by atoms with Crippen LogP contribution < -0.4 is 16.0 Å². The van der Waals surface area contributed by atoms with E-state index in [9.17, 15) is 4.79 Å². The summed E-state index contributed by atoms with van der Waals surface area (Å²) >= 11 is 0. The van der Waals surface area contributed by atoms with Crippen molar-refractivity contribution in [3.8, 4) is 0 Å². The smallest absolute Gasteiger partial charge is 0.253 e. The average molecular weight is 493 g/mol. The van der Waals surface area contributed by atoms with Crippen molar-refractivity contribution in [2.45, 2.75) is 53.5 Å². The number of aryl methyl sites for hydroxylation is 1. The molecule has 0 unspecified atom stereocenters. The molecule has 7 nitrogen and oxygen atoms in total. The topological polar surface area (TPSA) is 79.4 Å². The maximum Gasteiger partial charge on any atom is 0.253 e. The number of rotatable bonds is 13. The summed E-state index contributed by atoms with van der Waals surface area (Å²) in [6.45, 7) is 11.7. The monoisotopic (exact) mass is 492 g/mol. The molecule has 0 aliphatic carbocycles. The van der Waals surface area contributed by atoms with Gasteiger partial charge in [0, 0.05) is 50.7 Å². The number of nitrogens with one attached hydrogen (secondary N) is 1. The minimum Gasteiger partial charge on any atom is -0.378 e. The number of hydrogen-bond acceptors (Lipinski definition) is 5. The Balaban J connectivity index is 1.92. The quantitative estimate of drug-likeness (QED) is 0.319. The van der Waals surface area contributed by atoms with Crippen molar-refractivity contribution in [3.63, 3.8) is 0 Å². The van der Waals surface area contributed by atoms with E-state index in [1.807, 2.05) is 37.2 Å². The predicted octanol–water partition coefficient (Wildman–Crippen LogP) is 5.73. The van der Waals surface area contributed by atoms with Crippen LogP contribution in [0.1, 0.15) is 57.3 Å². The molecule has 0 saturated carbocycles. The molecule has 0 aliphatic rings. The van der Waals surface area contributed by atoms with Crippen molar-refractivity contribution >= 4 is 34.3 Å². The number of hydrogen-bond donors (Lipinski definition) is 2. The van der Waals surface area contributed by atoms with Crippen LogP contribution in [0.25, 0.3) is 11.0 Å². The first-order valence-electron chi connectivity index (χ1n) is 13.2. The molecule has 0 radical (unpaired) electrons. The third-order valence-electron chi connectivity index (χ3n) is 6.46. The number of imidazole rings is 1. The fraction of sp³-hybridized carbons (Fsp3) is 0.517. The average Bonchev–Trinajstić information content (AvgIpc) is 3.18. The van der Waals surface area contributed by atoms with Crippen LogP contribution in [0.15, 0.2) is 42.5 Å². The van der Waals surface area contributed by atoms with E-state index in [4.69, 9.17) is 10.7 Å². The third-order valence-corrected chi connectivity index (χ3v) is 6.46. The summed E-state index contributed by atoms with van der Waals surface area (Å²) < 4.78 is 2.14. The zero-order valence-electron chi connectivity index (χ0n) is 22.9. The molecule has 0 aliphatic heterocycles. The molecule has 0 fully saturated rings. The van der Waals surface area contributed by atoms with Crippen LogP contribution in [0.5, 0.6) is 0 Å². The lowest BCUT2D eigenvalue weighted by Gasteiger charge is -2.24. The molecule has 3 aromatic rings. The highest BCUT2D eigenvalue weighted by Gasteiger charge is 2.19. The van der Waals surface area contributed by atoms with Gasteiger partial charge in [0.15, 0.2) is 0 Å². The van der Waals surface area contributed by atoms with Crippen LogP contribution >= 0.6 is 0 Å². The molecule has 0 spiro atoms. The maximum atomic E-state index is 13.6. The van der Waals surface area contributed by atoms with Crippen LogP contribution in [-0.2, 0) is 6.54 Å². The minimum atomic E-state index is 0.0959. The Morgan fingerprint density at radius 3 is 2.19 bits per heavy atom. The van der Waals surface area contributed by atoms with E-state index in [1.165, 1.54) is 0 Å². The molecule has 0 saturated heterocycles. The normalized spacial score (nSPS) is 11.5. The second kappa shape index (κ2) is 12.8. The number of benzene rings is 2. The molecule has 0 bridgehead atoms. The number of nitrogens with zero attached hydrogens (tertiary/aromatic N) is 4. The van der Waals surface area contributed by atoms with Gasteiger partial charge in [0.2, 0.25) is 5.95 Å². The molecule has 2 aromatic carbocycles. The van der Waals surface area contributed by atoms with E-state index >= 15 is 0 Å². The summed E-state index contributed by atoms with van der Waals surface area (Å²) in [6.07, 6.45) is 2.83. The number of anilines is 3. The third kappa shape index (κ3) is 7.23. The van der Waals surface area contributed by atoms with Gasteiger partial charge in [-0.2, -0.15) is 0 Å². The van der Waals surface area contributed by atoms with E-state index in [-0.39, 0.29) is 5.91 Å². The van der Waals surface area contributed by atoms with Gasteiger partial charge in [-0.05, 0) is 80.1 Å². The molecule has 0 atom stereocenters. The van der Waals surface area contributed by atoms with Gasteiger partial charge in [0.05, 0.1) is 11.0 Å². The molecule has 3 N–H and O–H groups in total. The zero-order chi connectivity index (χ0) is 26.2. The molecule has 36 heavy (non-hydrogen) atoms. The van der Waals surface area contributed by atoms with Crippen LogP contribution in [0.2, 0.25) is 0 Å². The second-order valence-electron chi connectivity index (χ2n) is 10.7. The Labute approximate surface area is 216 Å². The van der Waals surface area contributed by atoms with Gasteiger partial charge in [-0.3, -0.25) is 4.79 Å². The molecule has 1 aromatic heterocycles. The first kappa shape index (κ1) is 27.5. The first-order chi connectivity index (χ1) is 17.2. The summed E-state index contributed by atoms with van der Waals surface area (Å²) in [4.78, 5) is 22.5. The van der Waals surface area contributed by atoms with Crippen molar-refractivity contribution in [2.75, 3.05) is 43.9 Å². The minimum absolute atomic E-state index is 0.0959. The zero-order valence-corrected chi connectivity index (χ0v) is 22.9. The lowest BCUT2D eigenvalue weighted by Crippen LogP contribution is -2.34. The molecule has 1 heterocycles. The largest absolute Gasteiger partial charge is 0.378 e. The Hall–Kier alpha value is -3.06. The standard InChI is InChI=1S/C29H44N6O/c1-21(2)14-18-34(19-15-22(3)4)28(36)23-8-13-26-27(20-23)35(17-7-16-30)29(32-26)31-24-9-11-25(12-10-24)33(5)6/h8-13,20-22H,7,14-19,30H2,1-6H3,(H,31,32). The fourth-order valence-electron chi connectivity index (χ4n) is 4.12. The maximum absolute atomic E-state index is 13.6. The van der Waals surface area contributed by atoms with E-state index in [1.54, 1.807) is 0 Å². The number of carbonyl (C=O) groups is 1. The Bertz CT molecular complexity index is 1100. The summed E-state index contributed by atoms with van der Waals surface area (Å²) in [7, 11) is 4.06. The summed E-state index contributed by atoms with van der Waals surface area (Å²) in [5.74, 6) is 1.97. The van der Waals surface area contributed by atoms with Gasteiger partial charge < -0.3 is 25.4 Å². The number of aromatic nitrogens is 2. The van der Waals surface area contributed by atoms with E-state index in [0.29, 0.717) is 23.9 Å². The number of amides is 1. The van der Waals surface area contributed by atoms with Gasteiger partial charge >= 0.3 is 0 Å². The van der Waals surface area contributed by atoms with Crippen LogP contribution in [-0.4, -0.2) is 54.1 Å². The van der Waals surface area contributed by atoms with E-state index < -0.39 is 0 Å². The van der Waals surface area contributed by atoms with Crippen molar-refractivity contribution in [3.05, 3.63) is 48.0 Å². The molecule has 7 heteroatoms. The van der Waals surface area contributed by atoms with Crippen molar-refractivity contribution in [1.82, 2.24) is 14.5 Å². The first-order valence-corrected chi connectivity index (χ1v) is 13.2. The Morgan fingerprint density at radius 1 is 1.00 bits per heavy atom. The lowest BCUT2D eigenvalue weighted by atomic mass is 10.1. The van der Waals surface area contributed by atoms with E-state index in [2.05, 4.69) is 66.7 Å². The van der Waals surface area contributed by atoms with Gasteiger partial charge in [-0.1, -0.05) is 27.7 Å². The number of carbonyl (C=O) groups excluding carboxylic acids is 1.